The number of hydrogen-bond acceptors (Lipinski definition) is 0. The zero-order valence-electron chi connectivity index (χ0n) is 10.6. The number of benzene rings is 2. The molecule has 0 atom stereocenters. The molecule has 0 amide bonds. The van der Waals surface area contributed by atoms with Crippen LogP contribution in [-0.2, 0) is 6.42 Å². The van der Waals surface area contributed by atoms with Crippen molar-refractivity contribution >= 4 is 22.0 Å². The zero-order valence-corrected chi connectivity index (χ0v) is 12.2. The summed E-state index contributed by atoms with van der Waals surface area (Å²) in [6.07, 6.45) is 3.38. The molecule has 0 fully saturated rings. The molecule has 0 radical (unpaired) electrons. The van der Waals surface area contributed by atoms with E-state index < -0.39 is 0 Å². The van der Waals surface area contributed by atoms with Gasteiger partial charge in [-0.3, -0.25) is 0 Å². The average molecular weight is 299 g/mol. The Morgan fingerprint density at radius 1 is 1.00 bits per heavy atom. The maximum absolute atomic E-state index is 3.72. The lowest BCUT2D eigenvalue weighted by Gasteiger charge is -2.10. The fourth-order valence-electron chi connectivity index (χ4n) is 2.62. The normalized spacial score (nSPS) is 13.4. The molecular weight excluding hydrogens is 284 g/mol. The highest BCUT2D eigenvalue weighted by Crippen LogP contribution is 2.36. The van der Waals surface area contributed by atoms with Crippen LogP contribution in [0.5, 0.6) is 0 Å². The highest BCUT2D eigenvalue weighted by molar-refractivity contribution is 9.10. The number of aryl methyl sites for hydroxylation is 1. The summed E-state index contributed by atoms with van der Waals surface area (Å²) in [5, 5.41) is 0. The van der Waals surface area contributed by atoms with E-state index in [9.17, 15) is 0 Å². The molecule has 0 spiro atoms. The van der Waals surface area contributed by atoms with Crippen LogP contribution in [0, 0.1) is 6.92 Å². The van der Waals surface area contributed by atoms with Crippen LogP contribution in [0.1, 0.15) is 23.6 Å². The monoisotopic (exact) mass is 298 g/mol. The largest absolute Gasteiger partial charge is 0.0683 e. The summed E-state index contributed by atoms with van der Waals surface area (Å²) in [5.41, 5.74) is 8.16. The summed E-state index contributed by atoms with van der Waals surface area (Å²) in [6.45, 7) is 4.36. The molecular formula is C17H15Br. The molecule has 0 nitrogen and oxygen atoms in total. The van der Waals surface area contributed by atoms with Gasteiger partial charge < -0.3 is 0 Å². The van der Waals surface area contributed by atoms with Gasteiger partial charge in [-0.15, -0.1) is 0 Å². The highest BCUT2D eigenvalue weighted by Gasteiger charge is 2.14. The minimum Gasteiger partial charge on any atom is -0.0683 e. The Morgan fingerprint density at radius 3 is 2.56 bits per heavy atom. The number of halogens is 1. The van der Waals surface area contributed by atoms with E-state index in [-0.39, 0.29) is 0 Å². The van der Waals surface area contributed by atoms with Crippen molar-refractivity contribution in [3.05, 3.63) is 63.1 Å². The van der Waals surface area contributed by atoms with Gasteiger partial charge in [0.2, 0.25) is 0 Å². The first-order valence-corrected chi connectivity index (χ1v) is 7.00. The second-order valence-electron chi connectivity index (χ2n) is 5.01. The van der Waals surface area contributed by atoms with Crippen LogP contribution < -0.4 is 0 Å². The fourth-order valence-corrected chi connectivity index (χ4v) is 3.22. The quantitative estimate of drug-likeness (QED) is 0.663. The number of hydrogen-bond donors (Lipinski definition) is 0. The second-order valence-corrected chi connectivity index (χ2v) is 5.87. The van der Waals surface area contributed by atoms with Crippen LogP contribution >= 0.6 is 15.9 Å². The Kier molecular flexibility index (Phi) is 2.87. The van der Waals surface area contributed by atoms with E-state index in [2.05, 4.69) is 72.3 Å². The smallest absolute Gasteiger partial charge is 0.0257 e. The van der Waals surface area contributed by atoms with Gasteiger partial charge in [-0.1, -0.05) is 51.8 Å². The Hall–Kier alpha value is -1.34. The standard InChI is InChI=1S/C17H15Br/c1-11-7-13-9-16(17(18)10-14(13)8-11)15-6-4-3-5-12(15)2/h3-7,9-10H,8H2,1-2H3. The van der Waals surface area contributed by atoms with Gasteiger partial charge in [0.05, 0.1) is 0 Å². The number of allylic oxidation sites excluding steroid dienone is 1. The van der Waals surface area contributed by atoms with Crippen molar-refractivity contribution in [2.45, 2.75) is 20.3 Å². The predicted molar refractivity (Wildman–Crippen MR) is 81.7 cm³/mol. The maximum Gasteiger partial charge on any atom is 0.0257 e. The van der Waals surface area contributed by atoms with Crippen LogP contribution in [0.4, 0.5) is 0 Å². The Labute approximate surface area is 116 Å². The van der Waals surface area contributed by atoms with E-state index in [1.807, 2.05) is 0 Å². The predicted octanol–water partition coefficient (Wildman–Crippen LogP) is 5.38. The molecule has 1 aliphatic carbocycles. The minimum atomic E-state index is 1.09. The fraction of sp³-hybridized carbons (Fsp3) is 0.176. The summed E-state index contributed by atoms with van der Waals surface area (Å²) in [6, 6.07) is 13.1. The van der Waals surface area contributed by atoms with Crippen LogP contribution in [0.2, 0.25) is 0 Å². The third-order valence-corrected chi connectivity index (χ3v) is 4.19. The van der Waals surface area contributed by atoms with Crippen molar-refractivity contribution in [3.8, 4) is 11.1 Å². The van der Waals surface area contributed by atoms with Crippen LogP contribution in [0.25, 0.3) is 17.2 Å². The summed E-state index contributed by atoms with van der Waals surface area (Å²) >= 11 is 3.72. The molecule has 1 heteroatoms. The molecule has 2 aromatic rings. The molecule has 18 heavy (non-hydrogen) atoms. The van der Waals surface area contributed by atoms with E-state index in [0.717, 1.165) is 6.42 Å². The van der Waals surface area contributed by atoms with Crippen LogP contribution in [0.3, 0.4) is 0 Å². The molecule has 0 saturated carbocycles. The third-order valence-electron chi connectivity index (χ3n) is 3.54. The molecule has 2 aromatic carbocycles. The van der Waals surface area contributed by atoms with Gasteiger partial charge in [0.1, 0.15) is 0 Å². The first-order valence-electron chi connectivity index (χ1n) is 6.21. The van der Waals surface area contributed by atoms with Crippen molar-refractivity contribution in [2.24, 2.45) is 0 Å². The highest BCUT2D eigenvalue weighted by atomic mass is 79.9. The Bertz CT molecular complexity index is 651. The van der Waals surface area contributed by atoms with Crippen molar-refractivity contribution in [3.63, 3.8) is 0 Å². The minimum absolute atomic E-state index is 1.09. The first-order chi connectivity index (χ1) is 8.65. The summed E-state index contributed by atoms with van der Waals surface area (Å²) in [4.78, 5) is 0. The van der Waals surface area contributed by atoms with Gasteiger partial charge in [0.25, 0.3) is 0 Å². The molecule has 0 unspecified atom stereocenters. The lowest BCUT2D eigenvalue weighted by atomic mass is 9.97. The van der Waals surface area contributed by atoms with E-state index >= 15 is 0 Å². The maximum atomic E-state index is 3.72. The lowest BCUT2D eigenvalue weighted by molar-refractivity contribution is 1.19. The Balaban J connectivity index is 2.20. The van der Waals surface area contributed by atoms with Crippen molar-refractivity contribution in [2.75, 3.05) is 0 Å². The first kappa shape index (κ1) is 11.7. The molecule has 3 rings (SSSR count). The van der Waals surface area contributed by atoms with Crippen molar-refractivity contribution < 1.29 is 0 Å². The third kappa shape index (κ3) is 1.93. The van der Waals surface area contributed by atoms with Gasteiger partial charge in [-0.2, -0.15) is 0 Å². The zero-order chi connectivity index (χ0) is 12.7. The number of fused-ring (bicyclic) bond motifs is 1. The van der Waals surface area contributed by atoms with Gasteiger partial charge in [-0.05, 0) is 60.2 Å². The summed E-state index contributed by atoms with van der Waals surface area (Å²) in [5.74, 6) is 0. The Morgan fingerprint density at radius 2 is 1.78 bits per heavy atom. The van der Waals surface area contributed by atoms with Gasteiger partial charge >= 0.3 is 0 Å². The molecule has 0 aromatic heterocycles. The summed E-state index contributed by atoms with van der Waals surface area (Å²) < 4.78 is 1.19. The van der Waals surface area contributed by atoms with Crippen molar-refractivity contribution in [1.82, 2.24) is 0 Å². The molecule has 0 aliphatic heterocycles. The molecule has 0 saturated heterocycles. The second kappa shape index (κ2) is 4.40. The summed E-state index contributed by atoms with van der Waals surface area (Å²) in [7, 11) is 0. The van der Waals surface area contributed by atoms with Gasteiger partial charge in [0.15, 0.2) is 0 Å². The van der Waals surface area contributed by atoms with E-state index in [0.29, 0.717) is 0 Å². The molecule has 0 heterocycles. The SMILES string of the molecule is CC1=Cc2cc(-c3ccccc3C)c(Br)cc2C1. The van der Waals surface area contributed by atoms with Gasteiger partial charge in [0, 0.05) is 4.47 Å². The molecule has 90 valence electrons. The molecule has 0 N–H and O–H groups in total. The van der Waals surface area contributed by atoms with E-state index in [1.54, 1.807) is 0 Å². The molecule has 1 aliphatic rings. The van der Waals surface area contributed by atoms with Crippen LogP contribution in [0.15, 0.2) is 46.4 Å². The average Bonchev–Trinajstić information content (AvgIpc) is 2.68. The van der Waals surface area contributed by atoms with Gasteiger partial charge in [-0.25, -0.2) is 0 Å². The van der Waals surface area contributed by atoms with E-state index in [4.69, 9.17) is 0 Å². The molecule has 0 bridgehead atoms. The van der Waals surface area contributed by atoms with Crippen LogP contribution in [-0.4, -0.2) is 0 Å². The topological polar surface area (TPSA) is 0 Å². The van der Waals surface area contributed by atoms with E-state index in [1.165, 1.54) is 37.9 Å². The van der Waals surface area contributed by atoms with Crippen molar-refractivity contribution in [1.29, 1.82) is 0 Å². The lowest BCUT2D eigenvalue weighted by Crippen LogP contribution is -1.89. The number of rotatable bonds is 1.